The zero-order valence-electron chi connectivity index (χ0n) is 14.3. The lowest BCUT2D eigenvalue weighted by molar-refractivity contribution is -0.385. The number of hydrogen-bond acceptors (Lipinski definition) is 5. The van der Waals surface area contributed by atoms with Crippen molar-refractivity contribution >= 4 is 23.4 Å². The third-order valence-electron chi connectivity index (χ3n) is 3.56. The number of rotatable bonds is 5. The fraction of sp³-hybridized carbons (Fsp3) is 0.111. The van der Waals surface area contributed by atoms with Crippen molar-refractivity contribution in [2.45, 2.75) is 6.18 Å². The zero-order valence-corrected chi connectivity index (χ0v) is 14.3. The molecule has 10 heteroatoms. The minimum Gasteiger partial charge on any atom is -0.497 e. The number of halogens is 3. The molecule has 0 radical (unpaired) electrons. The van der Waals surface area contributed by atoms with Gasteiger partial charge in [0.2, 0.25) is 0 Å². The van der Waals surface area contributed by atoms with E-state index in [2.05, 4.69) is 0 Å². The van der Waals surface area contributed by atoms with Crippen LogP contribution < -0.4 is 10.1 Å². The third-order valence-corrected chi connectivity index (χ3v) is 3.56. The van der Waals surface area contributed by atoms with E-state index in [0.717, 1.165) is 12.1 Å². The highest BCUT2D eigenvalue weighted by molar-refractivity contribution is 6.10. The Bertz CT molecular complexity index is 977. The van der Waals surface area contributed by atoms with Crippen molar-refractivity contribution in [3.8, 4) is 11.8 Å². The first-order valence-electron chi connectivity index (χ1n) is 7.58. The predicted molar refractivity (Wildman–Crippen MR) is 93.3 cm³/mol. The summed E-state index contributed by atoms with van der Waals surface area (Å²) >= 11 is 0. The molecule has 0 atom stereocenters. The Morgan fingerprint density at radius 1 is 1.25 bits per heavy atom. The molecule has 0 aliphatic heterocycles. The summed E-state index contributed by atoms with van der Waals surface area (Å²) in [5.74, 6) is -0.543. The maximum absolute atomic E-state index is 13.2. The van der Waals surface area contributed by atoms with Gasteiger partial charge in [0.15, 0.2) is 0 Å². The fourth-order valence-electron chi connectivity index (χ4n) is 2.19. The molecule has 2 aromatic carbocycles. The number of nitrogens with one attached hydrogen (secondary N) is 1. The quantitative estimate of drug-likeness (QED) is 0.356. The summed E-state index contributed by atoms with van der Waals surface area (Å²) in [5, 5.41) is 21.9. The van der Waals surface area contributed by atoms with Gasteiger partial charge in [0.25, 0.3) is 11.6 Å². The summed E-state index contributed by atoms with van der Waals surface area (Å²) < 4.78 is 44.5. The Balaban J connectivity index is 2.35. The van der Waals surface area contributed by atoms with Crippen molar-refractivity contribution in [2.75, 3.05) is 12.4 Å². The van der Waals surface area contributed by atoms with Gasteiger partial charge >= 0.3 is 6.18 Å². The number of methoxy groups -OCH3 is 1. The van der Waals surface area contributed by atoms with E-state index in [4.69, 9.17) is 10.00 Å². The first-order valence-corrected chi connectivity index (χ1v) is 7.58. The van der Waals surface area contributed by atoms with Crippen LogP contribution in [-0.2, 0) is 11.0 Å². The number of nitriles is 1. The smallest absolute Gasteiger partial charge is 0.418 e. The normalized spacial score (nSPS) is 11.5. The molecule has 2 aromatic rings. The number of nitrogens with zero attached hydrogens (tertiary/aromatic N) is 2. The molecule has 144 valence electrons. The lowest BCUT2D eigenvalue weighted by atomic mass is 10.1. The Morgan fingerprint density at radius 2 is 1.89 bits per heavy atom. The van der Waals surface area contributed by atoms with Crippen LogP contribution in [0.2, 0.25) is 0 Å². The Hall–Kier alpha value is -3.87. The molecule has 0 aromatic heterocycles. The van der Waals surface area contributed by atoms with E-state index in [9.17, 15) is 28.1 Å². The molecular formula is C18H12F3N3O4. The molecule has 0 saturated carbocycles. The van der Waals surface area contributed by atoms with Crippen molar-refractivity contribution in [3.05, 3.63) is 69.3 Å². The van der Waals surface area contributed by atoms with Crippen LogP contribution in [0.3, 0.4) is 0 Å². The minimum atomic E-state index is -4.94. The van der Waals surface area contributed by atoms with E-state index in [1.54, 1.807) is 30.3 Å². The zero-order chi connectivity index (χ0) is 20.9. The maximum Gasteiger partial charge on any atom is 0.418 e. The van der Waals surface area contributed by atoms with Gasteiger partial charge in [-0.3, -0.25) is 14.9 Å². The lowest BCUT2D eigenvalue weighted by Crippen LogP contribution is -2.18. The first-order chi connectivity index (χ1) is 13.2. The number of ether oxygens (including phenoxy) is 1. The third kappa shape index (κ3) is 4.85. The van der Waals surface area contributed by atoms with Crippen LogP contribution in [0, 0.1) is 21.4 Å². The SMILES string of the molecule is COc1ccc(/C=C(/C#N)C(=O)Nc2ccc([N+](=O)[O-])cc2C(F)(F)F)cc1. The number of alkyl halides is 3. The average molecular weight is 391 g/mol. The molecule has 0 aliphatic rings. The summed E-state index contributed by atoms with van der Waals surface area (Å²) in [5.41, 5.74) is -2.86. The van der Waals surface area contributed by atoms with E-state index in [0.29, 0.717) is 17.4 Å². The van der Waals surface area contributed by atoms with E-state index in [1.807, 2.05) is 5.32 Å². The van der Waals surface area contributed by atoms with E-state index < -0.39 is 39.5 Å². The second kappa shape index (κ2) is 8.22. The lowest BCUT2D eigenvalue weighted by Gasteiger charge is -2.13. The highest BCUT2D eigenvalue weighted by Gasteiger charge is 2.35. The van der Waals surface area contributed by atoms with Crippen molar-refractivity contribution in [3.63, 3.8) is 0 Å². The standard InChI is InChI=1S/C18H12F3N3O4/c1-28-14-5-2-11(3-6-14)8-12(10-22)17(25)23-16-7-4-13(24(26)27)9-15(16)18(19,20)21/h2-9H,1H3,(H,23,25)/b12-8-. The van der Waals surface area contributed by atoms with Gasteiger partial charge in [-0.2, -0.15) is 18.4 Å². The van der Waals surface area contributed by atoms with Crippen LogP contribution in [0.4, 0.5) is 24.5 Å². The van der Waals surface area contributed by atoms with E-state index >= 15 is 0 Å². The van der Waals surface area contributed by atoms with Gasteiger partial charge in [0, 0.05) is 12.1 Å². The molecule has 1 N–H and O–H groups in total. The number of nitro groups is 1. The van der Waals surface area contributed by atoms with Crippen LogP contribution in [-0.4, -0.2) is 17.9 Å². The molecule has 2 rings (SSSR count). The first kappa shape index (κ1) is 20.4. The van der Waals surface area contributed by atoms with Gasteiger partial charge in [-0.15, -0.1) is 0 Å². The van der Waals surface area contributed by atoms with Crippen LogP contribution in [0.5, 0.6) is 5.75 Å². The number of non-ortho nitro benzene ring substituents is 1. The topological polar surface area (TPSA) is 105 Å². The molecule has 0 aliphatic carbocycles. The number of nitro benzene ring substituents is 1. The average Bonchev–Trinajstić information content (AvgIpc) is 2.65. The van der Waals surface area contributed by atoms with Gasteiger partial charge < -0.3 is 10.1 Å². The highest BCUT2D eigenvalue weighted by Crippen LogP contribution is 2.37. The van der Waals surface area contributed by atoms with E-state index in [-0.39, 0.29) is 0 Å². The summed E-state index contributed by atoms with van der Waals surface area (Å²) in [6, 6.07) is 9.78. The molecule has 0 unspecified atom stereocenters. The largest absolute Gasteiger partial charge is 0.497 e. The number of benzene rings is 2. The van der Waals surface area contributed by atoms with Crippen molar-refractivity contribution in [2.24, 2.45) is 0 Å². The molecule has 0 fully saturated rings. The summed E-state index contributed by atoms with van der Waals surface area (Å²) in [6.45, 7) is 0. The van der Waals surface area contributed by atoms with Gasteiger partial charge in [-0.1, -0.05) is 12.1 Å². The Morgan fingerprint density at radius 3 is 2.39 bits per heavy atom. The number of anilines is 1. The second-order valence-corrected chi connectivity index (χ2v) is 5.38. The minimum absolute atomic E-state index is 0.314. The monoisotopic (exact) mass is 391 g/mol. The number of hydrogen-bond donors (Lipinski definition) is 1. The van der Waals surface area contributed by atoms with Crippen molar-refractivity contribution in [1.82, 2.24) is 0 Å². The van der Waals surface area contributed by atoms with Crippen molar-refractivity contribution < 1.29 is 27.6 Å². The summed E-state index contributed by atoms with van der Waals surface area (Å²) in [6.07, 6.45) is -3.76. The Labute approximate surface area is 156 Å². The molecular weight excluding hydrogens is 379 g/mol. The maximum atomic E-state index is 13.2. The molecule has 0 bridgehead atoms. The molecule has 0 saturated heterocycles. The number of amides is 1. The van der Waals surface area contributed by atoms with Crippen LogP contribution in [0.15, 0.2) is 48.0 Å². The summed E-state index contributed by atoms with van der Waals surface area (Å²) in [7, 11) is 1.46. The predicted octanol–water partition coefficient (Wildman–Crippen LogP) is 4.17. The number of carbonyl (C=O) groups excluding carboxylic acids is 1. The fourth-order valence-corrected chi connectivity index (χ4v) is 2.19. The summed E-state index contributed by atoms with van der Waals surface area (Å²) in [4.78, 5) is 22.0. The Kier molecular flexibility index (Phi) is 6.00. The molecule has 0 heterocycles. The highest BCUT2D eigenvalue weighted by atomic mass is 19.4. The van der Waals surface area contributed by atoms with Gasteiger partial charge in [0.1, 0.15) is 17.4 Å². The van der Waals surface area contributed by atoms with Crippen LogP contribution >= 0.6 is 0 Å². The molecule has 7 nitrogen and oxygen atoms in total. The van der Waals surface area contributed by atoms with Gasteiger partial charge in [-0.05, 0) is 29.8 Å². The second-order valence-electron chi connectivity index (χ2n) is 5.38. The van der Waals surface area contributed by atoms with E-state index in [1.165, 1.54) is 13.2 Å². The van der Waals surface area contributed by atoms with Gasteiger partial charge in [-0.25, -0.2) is 0 Å². The molecule has 0 spiro atoms. The van der Waals surface area contributed by atoms with Crippen LogP contribution in [0.1, 0.15) is 11.1 Å². The van der Waals surface area contributed by atoms with Crippen molar-refractivity contribution in [1.29, 1.82) is 5.26 Å². The number of carbonyl (C=O) groups is 1. The van der Waals surface area contributed by atoms with Crippen LogP contribution in [0.25, 0.3) is 6.08 Å². The molecule has 28 heavy (non-hydrogen) atoms. The van der Waals surface area contributed by atoms with Gasteiger partial charge in [0.05, 0.1) is 23.3 Å². The molecule has 1 amide bonds.